The zero-order valence-corrected chi connectivity index (χ0v) is 14.1. The Morgan fingerprint density at radius 1 is 1.43 bits per heavy atom. The van der Waals surface area contributed by atoms with Gasteiger partial charge in [0.25, 0.3) is 0 Å². The second-order valence-corrected chi connectivity index (χ2v) is 7.50. The Morgan fingerprint density at radius 2 is 2.19 bits per heavy atom. The Morgan fingerprint density at radius 3 is 2.86 bits per heavy atom. The van der Waals surface area contributed by atoms with Crippen LogP contribution in [0, 0.1) is 0 Å². The summed E-state index contributed by atoms with van der Waals surface area (Å²) in [6, 6.07) is 5.46. The zero-order valence-electron chi connectivity index (χ0n) is 12.5. The Hall–Kier alpha value is -0.620. The molecule has 6 heteroatoms. The van der Waals surface area contributed by atoms with Gasteiger partial charge in [-0.15, -0.1) is 11.6 Å². The van der Waals surface area contributed by atoms with E-state index in [1.807, 2.05) is 26.0 Å². The van der Waals surface area contributed by atoms with E-state index in [1.165, 1.54) is 4.31 Å². The van der Waals surface area contributed by atoms with Gasteiger partial charge in [0.2, 0.25) is 10.0 Å². The summed E-state index contributed by atoms with van der Waals surface area (Å²) in [6.45, 7) is 5.37. The van der Waals surface area contributed by atoms with Crippen LogP contribution in [-0.2, 0) is 27.1 Å². The number of hydrogen-bond donors (Lipinski definition) is 0. The van der Waals surface area contributed by atoms with Crippen LogP contribution >= 0.6 is 11.6 Å². The van der Waals surface area contributed by atoms with Gasteiger partial charge in [-0.1, -0.05) is 19.1 Å². The normalized spacial score (nSPS) is 21.2. The van der Waals surface area contributed by atoms with Gasteiger partial charge in [0, 0.05) is 25.6 Å². The molecule has 1 unspecified atom stereocenters. The van der Waals surface area contributed by atoms with Crippen molar-refractivity contribution in [1.29, 1.82) is 0 Å². The zero-order chi connectivity index (χ0) is 15.5. The Bertz CT molecular complexity index is 589. The summed E-state index contributed by atoms with van der Waals surface area (Å²) in [7, 11) is -3.50. The summed E-state index contributed by atoms with van der Waals surface area (Å²) >= 11 is 5.85. The van der Waals surface area contributed by atoms with Crippen molar-refractivity contribution in [3.05, 3.63) is 29.3 Å². The molecule has 1 aliphatic rings. The lowest BCUT2D eigenvalue weighted by atomic mass is 10.1. The molecule has 1 aromatic carbocycles. The lowest BCUT2D eigenvalue weighted by Crippen LogP contribution is -2.36. The molecule has 1 fully saturated rings. The molecular weight excluding hydrogens is 310 g/mol. The summed E-state index contributed by atoms with van der Waals surface area (Å²) < 4.78 is 33.0. The van der Waals surface area contributed by atoms with Crippen LogP contribution in [0.4, 0.5) is 0 Å². The van der Waals surface area contributed by atoms with E-state index in [9.17, 15) is 8.42 Å². The first-order valence-corrected chi connectivity index (χ1v) is 9.26. The predicted octanol–water partition coefficient (Wildman–Crippen LogP) is 2.79. The number of alkyl halides is 1. The van der Waals surface area contributed by atoms with Crippen LogP contribution in [0.25, 0.3) is 0 Å². The highest BCUT2D eigenvalue weighted by molar-refractivity contribution is 7.89. The maximum absolute atomic E-state index is 13.0. The number of sulfonamides is 1. The monoisotopic (exact) mass is 331 g/mol. The van der Waals surface area contributed by atoms with Gasteiger partial charge in [-0.3, -0.25) is 0 Å². The minimum Gasteiger partial charge on any atom is -0.377 e. The molecule has 0 bridgehead atoms. The highest BCUT2D eigenvalue weighted by atomic mass is 35.5. The summed E-state index contributed by atoms with van der Waals surface area (Å²) in [5.41, 5.74) is 1.66. The Kier molecular flexibility index (Phi) is 5.66. The third-order valence-corrected chi connectivity index (χ3v) is 5.96. The van der Waals surface area contributed by atoms with Gasteiger partial charge in [0.1, 0.15) is 0 Å². The maximum Gasteiger partial charge on any atom is 0.243 e. The molecule has 0 amide bonds. The fourth-order valence-electron chi connectivity index (χ4n) is 2.53. The van der Waals surface area contributed by atoms with Gasteiger partial charge in [-0.25, -0.2) is 8.42 Å². The summed E-state index contributed by atoms with van der Waals surface area (Å²) in [5.74, 6) is 0.312. The average molecular weight is 332 g/mol. The van der Waals surface area contributed by atoms with E-state index in [4.69, 9.17) is 16.3 Å². The smallest absolute Gasteiger partial charge is 0.243 e. The molecule has 0 aliphatic carbocycles. The van der Waals surface area contributed by atoms with E-state index >= 15 is 0 Å². The van der Waals surface area contributed by atoms with Crippen molar-refractivity contribution in [3.63, 3.8) is 0 Å². The number of benzene rings is 1. The lowest BCUT2D eigenvalue weighted by Gasteiger charge is -2.23. The molecule has 1 heterocycles. The van der Waals surface area contributed by atoms with Gasteiger partial charge in [0.05, 0.1) is 11.0 Å². The van der Waals surface area contributed by atoms with Crippen LogP contribution in [-0.4, -0.2) is 38.5 Å². The highest BCUT2D eigenvalue weighted by Gasteiger charge is 2.29. The van der Waals surface area contributed by atoms with Crippen LogP contribution in [0.5, 0.6) is 0 Å². The first-order chi connectivity index (χ1) is 9.98. The van der Waals surface area contributed by atoms with Gasteiger partial charge in [0.15, 0.2) is 0 Å². The molecule has 1 aliphatic heterocycles. The molecule has 1 saturated heterocycles. The molecule has 0 saturated carbocycles. The average Bonchev–Trinajstić information content (AvgIpc) is 2.71. The van der Waals surface area contributed by atoms with Crippen LogP contribution in [0.2, 0.25) is 0 Å². The van der Waals surface area contributed by atoms with Crippen molar-refractivity contribution in [1.82, 2.24) is 4.31 Å². The molecular formula is C15H22ClNO3S. The number of rotatable bonds is 4. The van der Waals surface area contributed by atoms with Crippen molar-refractivity contribution in [3.8, 4) is 0 Å². The van der Waals surface area contributed by atoms with Gasteiger partial charge in [-0.2, -0.15) is 4.31 Å². The maximum atomic E-state index is 13.0. The topological polar surface area (TPSA) is 46.6 Å². The van der Waals surface area contributed by atoms with E-state index in [0.29, 0.717) is 36.9 Å². The van der Waals surface area contributed by atoms with E-state index in [1.54, 1.807) is 6.07 Å². The third kappa shape index (κ3) is 3.77. The molecule has 4 nitrogen and oxygen atoms in total. The van der Waals surface area contributed by atoms with E-state index < -0.39 is 10.0 Å². The second-order valence-electron chi connectivity index (χ2n) is 5.33. The number of nitrogens with zero attached hydrogens (tertiary/aromatic N) is 1. The highest BCUT2D eigenvalue weighted by Crippen LogP contribution is 2.24. The molecule has 21 heavy (non-hydrogen) atoms. The van der Waals surface area contributed by atoms with Crippen molar-refractivity contribution < 1.29 is 13.2 Å². The lowest BCUT2D eigenvalue weighted by molar-refractivity contribution is 0.0752. The third-order valence-electron chi connectivity index (χ3n) is 3.70. The minimum atomic E-state index is -3.50. The molecule has 1 aromatic rings. The van der Waals surface area contributed by atoms with Gasteiger partial charge >= 0.3 is 0 Å². The summed E-state index contributed by atoms with van der Waals surface area (Å²) in [6.07, 6.45) is 1.32. The Labute approximate surface area is 132 Å². The first kappa shape index (κ1) is 16.7. The fraction of sp³-hybridized carbons (Fsp3) is 0.600. The SMILES string of the molecule is CCc1ccc(CCl)cc1S(=O)(=O)N1CCCOC(C)C1. The van der Waals surface area contributed by atoms with E-state index in [0.717, 1.165) is 17.5 Å². The van der Waals surface area contributed by atoms with Crippen LogP contribution < -0.4 is 0 Å². The van der Waals surface area contributed by atoms with Gasteiger partial charge < -0.3 is 4.74 Å². The number of ether oxygens (including phenoxy) is 1. The number of hydrogen-bond acceptors (Lipinski definition) is 3. The standard InChI is InChI=1S/C15H22ClNO3S/c1-3-14-6-5-13(10-16)9-15(14)21(18,19)17-7-4-8-20-12(2)11-17/h5-6,9,12H,3-4,7-8,10-11H2,1-2H3. The molecule has 0 N–H and O–H groups in total. The fourth-order valence-corrected chi connectivity index (χ4v) is 4.59. The van der Waals surface area contributed by atoms with E-state index in [2.05, 4.69) is 0 Å². The van der Waals surface area contributed by atoms with Crippen LogP contribution in [0.3, 0.4) is 0 Å². The molecule has 118 valence electrons. The molecule has 0 radical (unpaired) electrons. The first-order valence-electron chi connectivity index (χ1n) is 7.28. The van der Waals surface area contributed by atoms with Crippen molar-refractivity contribution >= 4 is 21.6 Å². The number of aryl methyl sites for hydroxylation is 1. The van der Waals surface area contributed by atoms with Crippen LogP contribution in [0.15, 0.2) is 23.1 Å². The second kappa shape index (κ2) is 7.09. The Balaban J connectivity index is 2.42. The van der Waals surface area contributed by atoms with Gasteiger partial charge in [-0.05, 0) is 37.0 Å². The largest absolute Gasteiger partial charge is 0.377 e. The minimum absolute atomic E-state index is 0.0800. The van der Waals surface area contributed by atoms with Crippen molar-refractivity contribution in [2.45, 2.75) is 43.6 Å². The molecule has 0 aromatic heterocycles. The molecule has 2 rings (SSSR count). The quantitative estimate of drug-likeness (QED) is 0.797. The van der Waals surface area contributed by atoms with E-state index in [-0.39, 0.29) is 6.10 Å². The number of halogens is 1. The predicted molar refractivity (Wildman–Crippen MR) is 84.2 cm³/mol. The van der Waals surface area contributed by atoms with Crippen molar-refractivity contribution in [2.75, 3.05) is 19.7 Å². The molecule has 1 atom stereocenters. The molecule has 0 spiro atoms. The van der Waals surface area contributed by atoms with Crippen molar-refractivity contribution in [2.24, 2.45) is 0 Å². The summed E-state index contributed by atoms with van der Waals surface area (Å²) in [5, 5.41) is 0. The summed E-state index contributed by atoms with van der Waals surface area (Å²) in [4.78, 5) is 0.386. The van der Waals surface area contributed by atoms with Crippen LogP contribution in [0.1, 0.15) is 31.4 Å².